The number of allylic oxidation sites excluding steroid dienone is 1. The van der Waals surface area contributed by atoms with Crippen LogP contribution in [-0.4, -0.2) is 22.7 Å². The van der Waals surface area contributed by atoms with Crippen molar-refractivity contribution < 1.29 is 13.9 Å². The van der Waals surface area contributed by atoms with E-state index in [1.807, 2.05) is 68.4 Å². The van der Waals surface area contributed by atoms with Crippen LogP contribution in [-0.2, 0) is 0 Å². The Balaban J connectivity index is 1.65. The zero-order valence-corrected chi connectivity index (χ0v) is 16.0. The molecule has 2 aromatic carbocycles. The number of aryl methyl sites for hydroxylation is 1. The average molecular weight is 372 g/mol. The highest BCUT2D eigenvalue weighted by molar-refractivity contribution is 6.08. The summed E-state index contributed by atoms with van der Waals surface area (Å²) in [5.41, 5.74) is 3.71. The third kappa shape index (κ3) is 3.11. The second-order valence-electron chi connectivity index (χ2n) is 6.52. The van der Waals surface area contributed by atoms with Crippen molar-refractivity contribution in [3.63, 3.8) is 0 Å². The molecule has 2 heterocycles. The molecule has 0 unspecified atom stereocenters. The zero-order chi connectivity index (χ0) is 19.7. The monoisotopic (exact) mass is 372 g/mol. The van der Waals surface area contributed by atoms with Crippen molar-refractivity contribution in [2.24, 2.45) is 0 Å². The summed E-state index contributed by atoms with van der Waals surface area (Å²) in [7, 11) is 1.60. The number of carbonyl (C=O) groups is 1. The van der Waals surface area contributed by atoms with E-state index in [-0.39, 0.29) is 5.78 Å². The van der Waals surface area contributed by atoms with Gasteiger partial charge in [-0.05, 0) is 50.3 Å². The molecule has 0 aliphatic rings. The highest BCUT2D eigenvalue weighted by atomic mass is 16.5. The maximum atomic E-state index is 12.8. The highest BCUT2D eigenvalue weighted by Crippen LogP contribution is 2.29. The van der Waals surface area contributed by atoms with Gasteiger partial charge in [0.25, 0.3) is 0 Å². The van der Waals surface area contributed by atoms with E-state index < -0.39 is 0 Å². The Bertz CT molecular complexity index is 1180. The van der Waals surface area contributed by atoms with Crippen LogP contribution in [0.4, 0.5) is 0 Å². The van der Waals surface area contributed by atoms with E-state index in [0.717, 1.165) is 16.8 Å². The van der Waals surface area contributed by atoms with Gasteiger partial charge in [-0.3, -0.25) is 4.79 Å². The normalized spacial score (nSPS) is 11.4. The molecule has 0 radical (unpaired) electrons. The van der Waals surface area contributed by atoms with E-state index >= 15 is 0 Å². The van der Waals surface area contributed by atoms with Gasteiger partial charge in [-0.15, -0.1) is 0 Å². The summed E-state index contributed by atoms with van der Waals surface area (Å²) in [4.78, 5) is 12.8. The molecule has 0 N–H and O–H groups in total. The lowest BCUT2D eigenvalue weighted by Gasteiger charge is -2.03. The molecule has 0 fully saturated rings. The van der Waals surface area contributed by atoms with Crippen molar-refractivity contribution in [1.29, 1.82) is 0 Å². The van der Waals surface area contributed by atoms with Gasteiger partial charge in [0.15, 0.2) is 17.1 Å². The van der Waals surface area contributed by atoms with Gasteiger partial charge < -0.3 is 9.15 Å². The fourth-order valence-corrected chi connectivity index (χ4v) is 3.36. The molecular weight excluding hydrogens is 352 g/mol. The standard InChI is InChI=1S/C23H20N2O3/c1-15-22(16(2)25(24-15)18-9-5-4-6-10-18)20(26)13-12-19-14-17-8-7-11-21(27-3)23(17)28-19/h4-14H,1-3H3/b13-12+. The van der Waals surface area contributed by atoms with Crippen LogP contribution in [0, 0.1) is 13.8 Å². The molecule has 0 spiro atoms. The molecular formula is C23H20N2O3. The molecule has 28 heavy (non-hydrogen) atoms. The van der Waals surface area contributed by atoms with Crippen LogP contribution in [0.5, 0.6) is 5.75 Å². The second-order valence-corrected chi connectivity index (χ2v) is 6.52. The minimum Gasteiger partial charge on any atom is -0.493 e. The quantitative estimate of drug-likeness (QED) is 0.359. The molecule has 4 aromatic rings. The molecule has 5 heteroatoms. The average Bonchev–Trinajstić information content (AvgIpc) is 3.26. The molecule has 0 aliphatic carbocycles. The molecule has 0 amide bonds. The number of nitrogens with zero attached hydrogens (tertiary/aromatic N) is 2. The largest absolute Gasteiger partial charge is 0.493 e. The van der Waals surface area contributed by atoms with E-state index in [2.05, 4.69) is 5.10 Å². The summed E-state index contributed by atoms with van der Waals surface area (Å²) in [5.74, 6) is 1.16. The van der Waals surface area contributed by atoms with Gasteiger partial charge in [-0.1, -0.05) is 30.3 Å². The number of aromatic nitrogens is 2. The molecule has 140 valence electrons. The van der Waals surface area contributed by atoms with E-state index in [4.69, 9.17) is 9.15 Å². The lowest BCUT2D eigenvalue weighted by atomic mass is 10.1. The van der Waals surface area contributed by atoms with Crippen molar-refractivity contribution in [3.05, 3.63) is 83.4 Å². The Kier molecular flexibility index (Phi) is 4.57. The Labute approximate surface area is 162 Å². The Morgan fingerprint density at radius 2 is 1.89 bits per heavy atom. The second kappa shape index (κ2) is 7.19. The molecule has 5 nitrogen and oxygen atoms in total. The fraction of sp³-hybridized carbons (Fsp3) is 0.130. The number of methoxy groups -OCH3 is 1. The van der Waals surface area contributed by atoms with E-state index in [0.29, 0.717) is 28.4 Å². The maximum Gasteiger partial charge on any atom is 0.189 e. The Morgan fingerprint density at radius 3 is 2.64 bits per heavy atom. The van der Waals surface area contributed by atoms with Crippen molar-refractivity contribution in [1.82, 2.24) is 9.78 Å². The number of benzene rings is 2. The smallest absolute Gasteiger partial charge is 0.189 e. The predicted molar refractivity (Wildman–Crippen MR) is 109 cm³/mol. The number of carbonyl (C=O) groups excluding carboxylic acids is 1. The van der Waals surface area contributed by atoms with Crippen LogP contribution < -0.4 is 4.74 Å². The van der Waals surface area contributed by atoms with E-state index in [9.17, 15) is 4.79 Å². The van der Waals surface area contributed by atoms with Crippen LogP contribution in [0.3, 0.4) is 0 Å². The summed E-state index contributed by atoms with van der Waals surface area (Å²) in [6, 6.07) is 17.3. The number of ether oxygens (including phenoxy) is 1. The van der Waals surface area contributed by atoms with Gasteiger partial charge in [0.2, 0.25) is 0 Å². The number of fused-ring (bicyclic) bond motifs is 1. The van der Waals surface area contributed by atoms with Gasteiger partial charge >= 0.3 is 0 Å². The third-order valence-electron chi connectivity index (χ3n) is 4.68. The first-order valence-electron chi connectivity index (χ1n) is 8.99. The van der Waals surface area contributed by atoms with Crippen LogP contribution in [0.15, 0.2) is 65.1 Å². The zero-order valence-electron chi connectivity index (χ0n) is 16.0. The van der Waals surface area contributed by atoms with E-state index in [1.165, 1.54) is 6.08 Å². The first-order chi connectivity index (χ1) is 13.6. The molecule has 0 aliphatic heterocycles. The van der Waals surface area contributed by atoms with Crippen molar-refractivity contribution in [3.8, 4) is 11.4 Å². The van der Waals surface area contributed by atoms with Gasteiger partial charge in [0.1, 0.15) is 5.76 Å². The SMILES string of the molecule is COc1cccc2cc(/C=C/C(=O)c3c(C)nn(-c4ccccc4)c3C)oc12. The third-order valence-corrected chi connectivity index (χ3v) is 4.68. The molecule has 0 saturated carbocycles. The number of hydrogen-bond acceptors (Lipinski definition) is 4. The van der Waals surface area contributed by atoms with E-state index in [1.54, 1.807) is 17.9 Å². The first kappa shape index (κ1) is 17.8. The number of hydrogen-bond donors (Lipinski definition) is 0. The summed E-state index contributed by atoms with van der Waals surface area (Å²) < 4.78 is 12.9. The summed E-state index contributed by atoms with van der Waals surface area (Å²) >= 11 is 0. The first-order valence-corrected chi connectivity index (χ1v) is 8.99. The van der Waals surface area contributed by atoms with Crippen molar-refractivity contribution in [2.75, 3.05) is 7.11 Å². The summed E-state index contributed by atoms with van der Waals surface area (Å²) in [6.07, 6.45) is 3.21. The minimum absolute atomic E-state index is 0.107. The summed E-state index contributed by atoms with van der Waals surface area (Å²) in [5, 5.41) is 5.46. The summed E-state index contributed by atoms with van der Waals surface area (Å²) in [6.45, 7) is 3.75. The van der Waals surface area contributed by atoms with Crippen LogP contribution in [0.1, 0.15) is 27.5 Å². The van der Waals surface area contributed by atoms with Crippen LogP contribution >= 0.6 is 0 Å². The Hall–Kier alpha value is -3.60. The molecule has 0 saturated heterocycles. The van der Waals surface area contributed by atoms with Crippen molar-refractivity contribution >= 4 is 22.8 Å². The molecule has 4 rings (SSSR count). The van der Waals surface area contributed by atoms with Crippen LogP contribution in [0.2, 0.25) is 0 Å². The minimum atomic E-state index is -0.107. The molecule has 2 aromatic heterocycles. The molecule has 0 atom stereocenters. The number of para-hydroxylation sites is 2. The predicted octanol–water partition coefficient (Wildman–Crippen LogP) is 5.14. The van der Waals surface area contributed by atoms with Crippen LogP contribution in [0.25, 0.3) is 22.7 Å². The number of furan rings is 1. The van der Waals surface area contributed by atoms with Gasteiger partial charge in [-0.2, -0.15) is 5.10 Å². The lowest BCUT2D eigenvalue weighted by molar-refractivity contribution is 0.104. The number of rotatable bonds is 5. The van der Waals surface area contributed by atoms with Crippen molar-refractivity contribution in [2.45, 2.75) is 13.8 Å². The fourth-order valence-electron chi connectivity index (χ4n) is 3.36. The lowest BCUT2D eigenvalue weighted by Crippen LogP contribution is -2.01. The van der Waals surface area contributed by atoms with Gasteiger partial charge in [0, 0.05) is 5.39 Å². The topological polar surface area (TPSA) is 57.3 Å². The van der Waals surface area contributed by atoms with Gasteiger partial charge in [-0.25, -0.2) is 4.68 Å². The molecule has 0 bridgehead atoms. The van der Waals surface area contributed by atoms with Gasteiger partial charge in [0.05, 0.1) is 29.7 Å². The maximum absolute atomic E-state index is 12.8. The highest BCUT2D eigenvalue weighted by Gasteiger charge is 2.17. The Morgan fingerprint density at radius 1 is 1.11 bits per heavy atom. The number of ketones is 1.